The Labute approximate surface area is 253 Å². The number of imidazole rings is 1. The Balaban J connectivity index is 1.70. The zero-order valence-corrected chi connectivity index (χ0v) is 26.9. The predicted molar refractivity (Wildman–Crippen MR) is 177 cm³/mol. The van der Waals surface area contributed by atoms with Gasteiger partial charge in [-0.05, 0) is 43.2 Å². The number of nitrogens with zero attached hydrogens (tertiary/aromatic N) is 2. The summed E-state index contributed by atoms with van der Waals surface area (Å²) < 4.78 is 5.01. The van der Waals surface area contributed by atoms with Crippen LogP contribution in [0.3, 0.4) is 0 Å². The number of aryl methyl sites for hydroxylation is 1. The summed E-state index contributed by atoms with van der Waals surface area (Å²) in [5.74, 6) is 0. The molecule has 0 aliphatic carbocycles. The van der Waals surface area contributed by atoms with E-state index in [1.165, 1.54) is 120 Å². The summed E-state index contributed by atoms with van der Waals surface area (Å²) in [6, 6.07) is 22.9. The molecule has 226 valence electrons. The zero-order valence-electron chi connectivity index (χ0n) is 26.9. The number of unbranched alkanes of at least 4 members (excludes halogenated alkanes) is 14. The Morgan fingerprint density at radius 1 is 0.634 bits per heavy atom. The van der Waals surface area contributed by atoms with Crippen LogP contribution in [0.4, 0.5) is 0 Å². The van der Waals surface area contributed by atoms with Gasteiger partial charge in [0.2, 0.25) is 6.33 Å². The van der Waals surface area contributed by atoms with E-state index in [2.05, 4.69) is 109 Å². The molecule has 2 nitrogen and oxygen atoms in total. The Morgan fingerprint density at radius 3 is 1.73 bits per heavy atom. The summed E-state index contributed by atoms with van der Waals surface area (Å²) in [5, 5.41) is 0. The number of aromatic nitrogens is 2. The van der Waals surface area contributed by atoms with Crippen molar-refractivity contribution in [3.05, 3.63) is 90.5 Å². The first-order valence-corrected chi connectivity index (χ1v) is 17.3. The normalized spacial score (nSPS) is 13.7. The molecule has 0 amide bonds. The molecule has 41 heavy (non-hydrogen) atoms. The summed E-state index contributed by atoms with van der Waals surface area (Å²) in [5.41, 5.74) is 2.90. The summed E-state index contributed by atoms with van der Waals surface area (Å²) in [7, 11) is 0. The molecule has 2 atom stereocenters. The average Bonchev–Trinajstić information content (AvgIpc) is 3.47. The van der Waals surface area contributed by atoms with E-state index in [0.29, 0.717) is 6.04 Å². The van der Waals surface area contributed by atoms with E-state index in [9.17, 15) is 0 Å². The van der Waals surface area contributed by atoms with E-state index in [-0.39, 0.29) is 5.41 Å². The predicted octanol–water partition coefficient (Wildman–Crippen LogP) is 11.2. The highest BCUT2D eigenvalue weighted by atomic mass is 15.1. The van der Waals surface area contributed by atoms with Crippen LogP contribution in [0.2, 0.25) is 0 Å². The van der Waals surface area contributed by atoms with Crippen molar-refractivity contribution in [2.75, 3.05) is 0 Å². The smallest absolute Gasteiger partial charge is 0.237 e. The van der Waals surface area contributed by atoms with Crippen LogP contribution in [0.5, 0.6) is 0 Å². The number of benzene rings is 2. The molecule has 0 saturated heterocycles. The molecule has 3 rings (SSSR count). The van der Waals surface area contributed by atoms with Crippen molar-refractivity contribution in [3.63, 3.8) is 0 Å². The third-order valence-corrected chi connectivity index (χ3v) is 9.26. The lowest BCUT2D eigenvalue weighted by Crippen LogP contribution is -2.38. The van der Waals surface area contributed by atoms with Crippen LogP contribution < -0.4 is 4.57 Å². The molecule has 0 aliphatic heterocycles. The van der Waals surface area contributed by atoms with Gasteiger partial charge < -0.3 is 0 Å². The monoisotopic (exact) mass is 557 g/mol. The van der Waals surface area contributed by atoms with Gasteiger partial charge in [0.05, 0.1) is 6.54 Å². The van der Waals surface area contributed by atoms with Gasteiger partial charge in [-0.2, -0.15) is 0 Å². The maximum Gasteiger partial charge on any atom is 0.244 e. The molecule has 1 aromatic heterocycles. The maximum atomic E-state index is 2.57. The third-order valence-electron chi connectivity index (χ3n) is 9.26. The molecular weight excluding hydrogens is 496 g/mol. The molecule has 2 unspecified atom stereocenters. The first kappa shape index (κ1) is 33.2. The second-order valence-corrected chi connectivity index (χ2v) is 12.8. The molecule has 0 aliphatic rings. The van der Waals surface area contributed by atoms with Crippen molar-refractivity contribution < 1.29 is 4.57 Å². The van der Waals surface area contributed by atoms with Gasteiger partial charge in [-0.3, -0.25) is 0 Å². The fraction of sp³-hybridized carbons (Fsp3) is 0.615. The lowest BCUT2D eigenvalue weighted by atomic mass is 9.70. The van der Waals surface area contributed by atoms with Gasteiger partial charge in [-0.15, -0.1) is 0 Å². The van der Waals surface area contributed by atoms with E-state index in [4.69, 9.17) is 0 Å². The van der Waals surface area contributed by atoms with Crippen LogP contribution in [0.15, 0.2) is 79.4 Å². The third kappa shape index (κ3) is 11.8. The van der Waals surface area contributed by atoms with Crippen LogP contribution >= 0.6 is 0 Å². The second kappa shape index (κ2) is 19.7. The Kier molecular flexibility index (Phi) is 15.9. The molecule has 0 N–H and O–H groups in total. The molecular formula is C39H61N2+. The molecule has 2 heteroatoms. The highest BCUT2D eigenvalue weighted by molar-refractivity contribution is 5.30. The molecule has 0 radical (unpaired) electrons. The van der Waals surface area contributed by atoms with Crippen molar-refractivity contribution in [2.45, 2.75) is 154 Å². The van der Waals surface area contributed by atoms with Crippen molar-refractivity contribution in [3.8, 4) is 0 Å². The van der Waals surface area contributed by atoms with Crippen LogP contribution in [0.1, 0.15) is 147 Å². The molecule has 3 aromatic rings. The minimum atomic E-state index is 0.0128. The first-order valence-electron chi connectivity index (χ1n) is 17.3. The maximum absolute atomic E-state index is 2.57. The summed E-state index contributed by atoms with van der Waals surface area (Å²) in [6.45, 7) is 8.25. The lowest BCUT2D eigenvalue weighted by Gasteiger charge is -2.37. The molecule has 0 saturated carbocycles. The first-order chi connectivity index (χ1) is 20.2. The fourth-order valence-corrected chi connectivity index (χ4v) is 6.68. The highest BCUT2D eigenvalue weighted by Crippen LogP contribution is 2.41. The lowest BCUT2D eigenvalue weighted by molar-refractivity contribution is -0.697. The van der Waals surface area contributed by atoms with Gasteiger partial charge in [-0.25, -0.2) is 9.13 Å². The molecule has 1 heterocycles. The zero-order chi connectivity index (χ0) is 29.0. The van der Waals surface area contributed by atoms with Gasteiger partial charge in [0.1, 0.15) is 18.4 Å². The topological polar surface area (TPSA) is 8.81 Å². The van der Waals surface area contributed by atoms with Crippen LogP contribution in [-0.2, 0) is 18.4 Å². The Morgan fingerprint density at radius 2 is 1.15 bits per heavy atom. The van der Waals surface area contributed by atoms with Crippen LogP contribution in [-0.4, -0.2) is 4.57 Å². The van der Waals surface area contributed by atoms with E-state index in [1.54, 1.807) is 0 Å². The van der Waals surface area contributed by atoms with E-state index >= 15 is 0 Å². The summed E-state index contributed by atoms with van der Waals surface area (Å²) in [6.07, 6.45) is 31.3. The molecule has 2 aromatic carbocycles. The molecule has 0 fully saturated rings. The highest BCUT2D eigenvalue weighted by Gasteiger charge is 2.40. The Hall–Kier alpha value is -2.35. The Bertz CT molecular complexity index is 1020. The molecule has 0 spiro atoms. The van der Waals surface area contributed by atoms with E-state index in [1.807, 2.05) is 0 Å². The van der Waals surface area contributed by atoms with Gasteiger partial charge in [-0.1, -0.05) is 165 Å². The minimum Gasteiger partial charge on any atom is -0.237 e. The summed E-state index contributed by atoms with van der Waals surface area (Å²) in [4.78, 5) is 0. The van der Waals surface area contributed by atoms with Crippen LogP contribution in [0, 0.1) is 0 Å². The van der Waals surface area contributed by atoms with Crippen molar-refractivity contribution in [1.29, 1.82) is 0 Å². The van der Waals surface area contributed by atoms with Gasteiger partial charge in [0.25, 0.3) is 0 Å². The van der Waals surface area contributed by atoms with Crippen molar-refractivity contribution >= 4 is 0 Å². The quantitative estimate of drug-likeness (QED) is 0.0810. The van der Waals surface area contributed by atoms with Crippen molar-refractivity contribution in [1.82, 2.24) is 4.57 Å². The number of hydrogen-bond donors (Lipinski definition) is 0. The standard InChI is InChI=1S/C39H61N2/c1-4-6-8-10-12-13-14-15-16-24-30-38(41-33-32-40(35-41)31-25-17-11-9-7-5-2)39(3,37-28-22-19-23-29-37)34-36-26-20-18-21-27-36/h18-23,26-29,32-33,35,38H,4-17,24-25,30-31,34H2,1-3H3/q+1. The minimum absolute atomic E-state index is 0.0128. The number of hydrogen-bond acceptors (Lipinski definition) is 0. The van der Waals surface area contributed by atoms with Gasteiger partial charge in [0.15, 0.2) is 0 Å². The van der Waals surface area contributed by atoms with Crippen molar-refractivity contribution in [2.24, 2.45) is 0 Å². The van der Waals surface area contributed by atoms with E-state index < -0.39 is 0 Å². The summed E-state index contributed by atoms with van der Waals surface area (Å²) >= 11 is 0. The SMILES string of the molecule is CCCCCCCCCCCCC(n1cc[n+](CCCCCCCC)c1)C(C)(Cc1ccccc1)c1ccccc1. The van der Waals surface area contributed by atoms with Gasteiger partial charge >= 0.3 is 0 Å². The average molecular weight is 558 g/mol. The number of rotatable bonds is 23. The van der Waals surface area contributed by atoms with Gasteiger partial charge in [0, 0.05) is 5.41 Å². The van der Waals surface area contributed by atoms with Crippen LogP contribution in [0.25, 0.3) is 0 Å². The molecule has 0 bridgehead atoms. The fourth-order valence-electron chi connectivity index (χ4n) is 6.68. The largest absolute Gasteiger partial charge is 0.244 e. The van der Waals surface area contributed by atoms with E-state index in [0.717, 1.165) is 13.0 Å². The second-order valence-electron chi connectivity index (χ2n) is 12.8.